The largest absolute Gasteiger partial charge is 0.337 e. The quantitative estimate of drug-likeness (QED) is 0.691. The van der Waals surface area contributed by atoms with E-state index in [-0.39, 0.29) is 11.1 Å². The van der Waals surface area contributed by atoms with Crippen LogP contribution in [0.4, 0.5) is 4.79 Å². The van der Waals surface area contributed by atoms with E-state index >= 15 is 0 Å². The highest BCUT2D eigenvalue weighted by Crippen LogP contribution is 2.19. The summed E-state index contributed by atoms with van der Waals surface area (Å²) in [5.41, 5.74) is 0.337. The van der Waals surface area contributed by atoms with E-state index in [1.54, 1.807) is 0 Å². The molecule has 76 valence electrons. The summed E-state index contributed by atoms with van der Waals surface area (Å²) in [6, 6.07) is -0.384. The van der Waals surface area contributed by atoms with Crippen molar-refractivity contribution in [2.24, 2.45) is 0 Å². The first-order valence-corrected chi connectivity index (χ1v) is 6.10. The molecule has 0 saturated heterocycles. The van der Waals surface area contributed by atoms with Gasteiger partial charge in [-0.05, 0) is 0 Å². The molecule has 1 aliphatic rings. The zero-order valence-corrected chi connectivity index (χ0v) is 8.47. The van der Waals surface area contributed by atoms with Crippen molar-refractivity contribution in [3.05, 3.63) is 12.0 Å². The Morgan fingerprint density at radius 3 is 2.93 bits per heavy atom. The van der Waals surface area contributed by atoms with E-state index in [4.69, 9.17) is 10.7 Å². The predicted molar refractivity (Wildman–Crippen MR) is 47.8 cm³/mol. The van der Waals surface area contributed by atoms with Crippen molar-refractivity contribution in [2.45, 2.75) is 11.4 Å². The molecule has 1 aliphatic heterocycles. The number of aromatic nitrogens is 2. The summed E-state index contributed by atoms with van der Waals surface area (Å²) in [6.07, 6.45) is 1.56. The SMILES string of the molecule is O=C1NCCc2c(S(=O)(=O)Cl)ncn21. The van der Waals surface area contributed by atoms with Gasteiger partial charge in [0.05, 0.1) is 5.69 Å². The molecule has 0 spiro atoms. The summed E-state index contributed by atoms with van der Waals surface area (Å²) in [4.78, 5) is 14.8. The van der Waals surface area contributed by atoms with Gasteiger partial charge in [0.1, 0.15) is 6.33 Å². The molecule has 1 N–H and O–H groups in total. The first-order valence-electron chi connectivity index (χ1n) is 3.79. The van der Waals surface area contributed by atoms with E-state index in [0.717, 1.165) is 10.9 Å². The highest BCUT2D eigenvalue weighted by Gasteiger charge is 2.26. The zero-order valence-electron chi connectivity index (χ0n) is 6.90. The summed E-state index contributed by atoms with van der Waals surface area (Å²) >= 11 is 0. The lowest BCUT2D eigenvalue weighted by Gasteiger charge is -2.14. The van der Waals surface area contributed by atoms with Crippen LogP contribution < -0.4 is 5.32 Å². The molecular formula is C6H6ClN3O3S. The Morgan fingerprint density at radius 2 is 2.29 bits per heavy atom. The van der Waals surface area contributed by atoms with Crippen molar-refractivity contribution >= 4 is 25.8 Å². The number of carbonyl (C=O) groups is 1. The van der Waals surface area contributed by atoms with Crippen LogP contribution >= 0.6 is 10.7 Å². The smallest absolute Gasteiger partial charge is 0.327 e. The molecule has 0 saturated carbocycles. The van der Waals surface area contributed by atoms with E-state index in [0.29, 0.717) is 18.7 Å². The van der Waals surface area contributed by atoms with Gasteiger partial charge >= 0.3 is 6.03 Å². The molecule has 1 amide bonds. The Labute approximate surface area is 84.3 Å². The van der Waals surface area contributed by atoms with Gasteiger partial charge in [0.15, 0.2) is 5.03 Å². The number of fused-ring (bicyclic) bond motifs is 1. The molecule has 1 aromatic rings. The maximum atomic E-state index is 11.2. The second-order valence-corrected chi connectivity index (χ2v) is 5.27. The summed E-state index contributed by atoms with van der Waals surface area (Å²) in [7, 11) is 1.29. The highest BCUT2D eigenvalue weighted by atomic mass is 35.7. The Bertz CT molecular complexity index is 492. The third kappa shape index (κ3) is 1.38. The number of hydrogen-bond donors (Lipinski definition) is 1. The second kappa shape index (κ2) is 2.96. The first-order chi connectivity index (χ1) is 6.50. The standard InChI is InChI=1S/C6H6ClN3O3S/c7-14(12,13)5-4-1-2-8-6(11)10(4)3-9-5/h3H,1-2H2,(H,8,11). The third-order valence-corrected chi connectivity index (χ3v) is 3.16. The van der Waals surface area contributed by atoms with E-state index < -0.39 is 9.05 Å². The number of halogens is 1. The number of hydrogen-bond acceptors (Lipinski definition) is 4. The van der Waals surface area contributed by atoms with Crippen LogP contribution in [0.15, 0.2) is 11.4 Å². The molecule has 14 heavy (non-hydrogen) atoms. The summed E-state index contributed by atoms with van der Waals surface area (Å²) in [5, 5.41) is 2.32. The summed E-state index contributed by atoms with van der Waals surface area (Å²) in [6.45, 7) is 0.393. The fourth-order valence-electron chi connectivity index (χ4n) is 1.34. The van der Waals surface area contributed by atoms with Gasteiger partial charge in [0.25, 0.3) is 9.05 Å². The molecular weight excluding hydrogens is 230 g/mol. The molecule has 2 heterocycles. The van der Waals surface area contributed by atoms with Crippen molar-refractivity contribution in [1.82, 2.24) is 14.9 Å². The minimum absolute atomic E-state index is 0.228. The first kappa shape index (κ1) is 9.47. The summed E-state index contributed by atoms with van der Waals surface area (Å²) < 4.78 is 23.2. The van der Waals surface area contributed by atoms with Crippen LogP contribution in [0.3, 0.4) is 0 Å². The van der Waals surface area contributed by atoms with Crippen LogP contribution in [0, 0.1) is 0 Å². The van der Waals surface area contributed by atoms with Crippen LogP contribution in [0.1, 0.15) is 5.69 Å². The topological polar surface area (TPSA) is 81.1 Å². The molecule has 0 aromatic carbocycles. The number of imidazole rings is 1. The molecule has 6 nitrogen and oxygen atoms in total. The van der Waals surface area contributed by atoms with Gasteiger partial charge in [-0.15, -0.1) is 0 Å². The van der Waals surface area contributed by atoms with Gasteiger partial charge in [-0.3, -0.25) is 4.57 Å². The number of rotatable bonds is 1. The molecule has 2 rings (SSSR count). The van der Waals surface area contributed by atoms with E-state index in [9.17, 15) is 13.2 Å². The molecule has 1 aromatic heterocycles. The van der Waals surface area contributed by atoms with Crippen molar-refractivity contribution in [3.8, 4) is 0 Å². The number of nitrogens with one attached hydrogen (secondary N) is 1. The molecule has 8 heteroatoms. The van der Waals surface area contributed by atoms with Gasteiger partial charge in [0.2, 0.25) is 0 Å². The van der Waals surface area contributed by atoms with Crippen molar-refractivity contribution in [2.75, 3.05) is 6.54 Å². The molecule has 0 fully saturated rings. The maximum Gasteiger partial charge on any atom is 0.327 e. The predicted octanol–water partition coefficient (Wildman–Crippen LogP) is -0.0756. The highest BCUT2D eigenvalue weighted by molar-refractivity contribution is 8.13. The van der Waals surface area contributed by atoms with E-state index in [1.165, 1.54) is 0 Å². The lowest BCUT2D eigenvalue weighted by atomic mass is 10.3. The molecule has 0 aliphatic carbocycles. The van der Waals surface area contributed by atoms with Gasteiger partial charge in [-0.2, -0.15) is 0 Å². The van der Waals surface area contributed by atoms with Crippen LogP contribution in [-0.4, -0.2) is 30.5 Å². The minimum atomic E-state index is -3.86. The normalized spacial score (nSPS) is 16.2. The summed E-state index contributed by atoms with van der Waals surface area (Å²) in [5.74, 6) is 0. The Balaban J connectivity index is 2.63. The lowest BCUT2D eigenvalue weighted by molar-refractivity contribution is 0.239. The van der Waals surface area contributed by atoms with Crippen molar-refractivity contribution < 1.29 is 13.2 Å². The Kier molecular flexibility index (Phi) is 2.00. The number of carbonyl (C=O) groups excluding carboxylic acids is 1. The Hall–Kier alpha value is -1.08. The minimum Gasteiger partial charge on any atom is -0.337 e. The average molecular weight is 236 g/mol. The molecule has 0 radical (unpaired) electrons. The van der Waals surface area contributed by atoms with Crippen molar-refractivity contribution in [1.29, 1.82) is 0 Å². The van der Waals surface area contributed by atoms with Crippen molar-refractivity contribution in [3.63, 3.8) is 0 Å². The van der Waals surface area contributed by atoms with Crippen LogP contribution in [0.25, 0.3) is 0 Å². The maximum absolute atomic E-state index is 11.2. The van der Waals surface area contributed by atoms with E-state index in [2.05, 4.69) is 10.3 Å². The van der Waals surface area contributed by atoms with Crippen LogP contribution in [0.2, 0.25) is 0 Å². The molecule has 0 bridgehead atoms. The van der Waals surface area contributed by atoms with Gasteiger partial charge in [0, 0.05) is 23.6 Å². The monoisotopic (exact) mass is 235 g/mol. The average Bonchev–Trinajstić information content (AvgIpc) is 2.47. The fourth-order valence-corrected chi connectivity index (χ4v) is 2.38. The molecule has 0 atom stereocenters. The number of amides is 1. The second-order valence-electron chi connectivity index (χ2n) is 2.79. The number of nitrogens with zero attached hydrogens (tertiary/aromatic N) is 2. The molecule has 0 unspecified atom stereocenters. The van der Waals surface area contributed by atoms with Gasteiger partial charge in [-0.1, -0.05) is 0 Å². The fraction of sp³-hybridized carbons (Fsp3) is 0.333. The third-order valence-electron chi connectivity index (χ3n) is 1.92. The lowest BCUT2D eigenvalue weighted by Crippen LogP contribution is -2.36. The van der Waals surface area contributed by atoms with Gasteiger partial charge in [-0.25, -0.2) is 18.2 Å². The van der Waals surface area contributed by atoms with Gasteiger partial charge < -0.3 is 5.32 Å². The van der Waals surface area contributed by atoms with Crippen LogP contribution in [0.5, 0.6) is 0 Å². The Morgan fingerprint density at radius 1 is 1.57 bits per heavy atom. The zero-order chi connectivity index (χ0) is 10.3. The van der Waals surface area contributed by atoms with E-state index in [1.807, 2.05) is 0 Å². The van der Waals surface area contributed by atoms with Crippen LogP contribution in [-0.2, 0) is 15.5 Å².